The summed E-state index contributed by atoms with van der Waals surface area (Å²) in [6.07, 6.45) is 5.19. The van der Waals surface area contributed by atoms with Crippen molar-refractivity contribution in [3.8, 4) is 11.8 Å². The number of ether oxygens (including phenoxy) is 2. The molecule has 37 heavy (non-hydrogen) atoms. The predicted molar refractivity (Wildman–Crippen MR) is 145 cm³/mol. The largest absolute Gasteiger partial charge is 0.490 e. The van der Waals surface area contributed by atoms with Gasteiger partial charge in [0.05, 0.1) is 31.0 Å². The fraction of sp³-hybridized carbons (Fsp3) is 0.433. The number of amides is 1. The quantitative estimate of drug-likeness (QED) is 0.407. The second-order valence-electron chi connectivity index (χ2n) is 9.84. The summed E-state index contributed by atoms with van der Waals surface area (Å²) in [5.41, 5.74) is 5.07. The number of benzene rings is 2. The Balaban J connectivity index is 1.50. The van der Waals surface area contributed by atoms with Crippen LogP contribution in [0.25, 0.3) is 5.70 Å². The first-order chi connectivity index (χ1) is 17.9. The van der Waals surface area contributed by atoms with Gasteiger partial charge in [-0.05, 0) is 75.3 Å². The van der Waals surface area contributed by atoms with Crippen molar-refractivity contribution in [2.75, 3.05) is 26.7 Å². The van der Waals surface area contributed by atoms with E-state index in [4.69, 9.17) is 14.5 Å². The number of nitrogens with one attached hydrogen (secondary N) is 1. The highest BCUT2D eigenvalue weighted by Gasteiger charge is 2.26. The summed E-state index contributed by atoms with van der Waals surface area (Å²) in [5.74, 6) is 1.10. The van der Waals surface area contributed by atoms with Gasteiger partial charge in [0.2, 0.25) is 11.8 Å². The van der Waals surface area contributed by atoms with Crippen LogP contribution in [-0.2, 0) is 16.0 Å². The van der Waals surface area contributed by atoms with Crippen molar-refractivity contribution in [2.24, 2.45) is 4.99 Å². The number of aliphatic imine (C=N–C) groups is 1. The van der Waals surface area contributed by atoms with Gasteiger partial charge in [-0.3, -0.25) is 4.79 Å². The average Bonchev–Trinajstić information content (AvgIpc) is 3.34. The SMILES string of the molecule is C=C(N=C(OC)c1ccc(OC(C)C)c(C#N)c1)c1cccc2c1CCC2NCC(=O)N1CCCCC1. The molecule has 2 aromatic rings. The minimum absolute atomic E-state index is 0.0327. The highest BCUT2D eigenvalue weighted by atomic mass is 16.5. The molecule has 1 saturated heterocycles. The monoisotopic (exact) mass is 500 g/mol. The topological polar surface area (TPSA) is 87.0 Å². The zero-order valence-corrected chi connectivity index (χ0v) is 22.0. The van der Waals surface area contributed by atoms with E-state index >= 15 is 0 Å². The molecular weight excluding hydrogens is 464 g/mol. The molecule has 2 aliphatic rings. The Hall–Kier alpha value is -3.63. The molecular formula is C30H36N4O3. The number of carbonyl (C=O) groups is 1. The summed E-state index contributed by atoms with van der Waals surface area (Å²) < 4.78 is 11.3. The van der Waals surface area contributed by atoms with E-state index in [9.17, 15) is 10.1 Å². The zero-order valence-electron chi connectivity index (χ0n) is 22.0. The molecule has 0 radical (unpaired) electrons. The highest BCUT2D eigenvalue weighted by molar-refractivity contribution is 5.98. The van der Waals surface area contributed by atoms with Crippen LogP contribution in [0.1, 0.15) is 73.4 Å². The number of likely N-dealkylation sites (tertiary alicyclic amines) is 1. The fourth-order valence-electron chi connectivity index (χ4n) is 5.12. The standard InChI is InChI=1S/C30H36N4O3/c1-20(2)37-28-14-11-22(17-23(28)18-31)30(36-4)33-21(3)24-9-8-10-26-25(24)12-13-27(26)32-19-29(35)34-15-6-5-7-16-34/h8-11,14,17,20,27,32H,3,5-7,12-13,15-16,19H2,1-2,4H3. The summed E-state index contributed by atoms with van der Waals surface area (Å²) >= 11 is 0. The maximum Gasteiger partial charge on any atom is 0.236 e. The number of hydrogen-bond acceptors (Lipinski definition) is 6. The molecule has 1 heterocycles. The van der Waals surface area contributed by atoms with Gasteiger partial charge in [-0.2, -0.15) is 5.26 Å². The van der Waals surface area contributed by atoms with Crippen molar-refractivity contribution >= 4 is 17.5 Å². The van der Waals surface area contributed by atoms with Crippen LogP contribution in [0, 0.1) is 11.3 Å². The van der Waals surface area contributed by atoms with Crippen molar-refractivity contribution < 1.29 is 14.3 Å². The van der Waals surface area contributed by atoms with E-state index in [0.717, 1.165) is 44.3 Å². The summed E-state index contributed by atoms with van der Waals surface area (Å²) in [7, 11) is 1.56. The Kier molecular flexibility index (Phi) is 8.62. The molecule has 2 aromatic carbocycles. The van der Waals surface area contributed by atoms with Crippen LogP contribution >= 0.6 is 0 Å². The van der Waals surface area contributed by atoms with Gasteiger partial charge in [0, 0.05) is 30.3 Å². The molecule has 7 heteroatoms. The molecule has 1 atom stereocenters. The Morgan fingerprint density at radius 2 is 2.03 bits per heavy atom. The Morgan fingerprint density at radius 1 is 1.24 bits per heavy atom. The molecule has 4 rings (SSSR count). The van der Waals surface area contributed by atoms with Crippen LogP contribution in [0.2, 0.25) is 0 Å². The van der Waals surface area contributed by atoms with Crippen molar-refractivity contribution in [1.82, 2.24) is 10.2 Å². The van der Waals surface area contributed by atoms with E-state index in [1.54, 1.807) is 19.2 Å². The van der Waals surface area contributed by atoms with Crippen molar-refractivity contribution in [3.63, 3.8) is 0 Å². The zero-order chi connectivity index (χ0) is 26.4. The van der Waals surface area contributed by atoms with Crippen molar-refractivity contribution in [1.29, 1.82) is 5.26 Å². The van der Waals surface area contributed by atoms with Gasteiger partial charge in [-0.1, -0.05) is 24.8 Å². The average molecular weight is 501 g/mol. The van der Waals surface area contributed by atoms with Crippen LogP contribution in [-0.4, -0.2) is 49.6 Å². The summed E-state index contributed by atoms with van der Waals surface area (Å²) in [6, 6.07) is 13.8. The van der Waals surface area contributed by atoms with E-state index in [-0.39, 0.29) is 18.1 Å². The van der Waals surface area contributed by atoms with Gasteiger partial charge >= 0.3 is 0 Å². The molecule has 0 aromatic heterocycles. The normalized spacial score (nSPS) is 17.3. The second kappa shape index (κ2) is 12.1. The maximum atomic E-state index is 12.6. The van der Waals surface area contributed by atoms with Crippen LogP contribution in [0.15, 0.2) is 48.0 Å². The van der Waals surface area contributed by atoms with Crippen LogP contribution in [0.5, 0.6) is 5.75 Å². The molecule has 0 spiro atoms. The third-order valence-electron chi connectivity index (χ3n) is 6.93. The van der Waals surface area contributed by atoms with Gasteiger partial charge < -0.3 is 19.7 Å². The first-order valence-corrected chi connectivity index (χ1v) is 13.1. The molecule has 1 aliphatic heterocycles. The molecule has 1 N–H and O–H groups in total. The van der Waals surface area contributed by atoms with Crippen LogP contribution < -0.4 is 10.1 Å². The van der Waals surface area contributed by atoms with Gasteiger partial charge in [0.1, 0.15) is 11.8 Å². The molecule has 1 fully saturated rings. The number of carbonyl (C=O) groups excluding carboxylic acids is 1. The number of nitriles is 1. The lowest BCUT2D eigenvalue weighted by molar-refractivity contribution is -0.131. The molecule has 1 aliphatic carbocycles. The third-order valence-corrected chi connectivity index (χ3v) is 6.93. The molecule has 0 saturated carbocycles. The molecule has 7 nitrogen and oxygen atoms in total. The van der Waals surface area contributed by atoms with E-state index in [2.05, 4.69) is 24.0 Å². The lowest BCUT2D eigenvalue weighted by Crippen LogP contribution is -2.41. The molecule has 0 bridgehead atoms. The first kappa shape index (κ1) is 26.4. The lowest BCUT2D eigenvalue weighted by Gasteiger charge is -2.27. The third kappa shape index (κ3) is 6.20. The fourth-order valence-corrected chi connectivity index (χ4v) is 5.12. The number of fused-ring (bicyclic) bond motifs is 1. The minimum Gasteiger partial charge on any atom is -0.490 e. The number of hydrogen-bond donors (Lipinski definition) is 1. The van der Waals surface area contributed by atoms with Crippen LogP contribution in [0.3, 0.4) is 0 Å². The number of rotatable bonds is 8. The van der Waals surface area contributed by atoms with Gasteiger partial charge in [-0.15, -0.1) is 0 Å². The highest BCUT2D eigenvalue weighted by Crippen LogP contribution is 2.36. The lowest BCUT2D eigenvalue weighted by atomic mass is 10.0. The smallest absolute Gasteiger partial charge is 0.236 e. The maximum absolute atomic E-state index is 12.6. The first-order valence-electron chi connectivity index (χ1n) is 13.1. The van der Waals surface area contributed by atoms with Crippen LogP contribution in [0.4, 0.5) is 0 Å². The molecule has 1 amide bonds. The van der Waals surface area contributed by atoms with Crippen molar-refractivity contribution in [2.45, 2.75) is 58.1 Å². The molecule has 194 valence electrons. The van der Waals surface area contributed by atoms with E-state index in [1.165, 1.54) is 17.5 Å². The van der Waals surface area contributed by atoms with E-state index < -0.39 is 0 Å². The van der Waals surface area contributed by atoms with Gasteiger partial charge in [0.25, 0.3) is 0 Å². The van der Waals surface area contributed by atoms with Gasteiger partial charge in [0.15, 0.2) is 0 Å². The number of nitrogens with zero attached hydrogens (tertiary/aromatic N) is 3. The van der Waals surface area contributed by atoms with Crippen molar-refractivity contribution in [3.05, 3.63) is 70.8 Å². The number of methoxy groups -OCH3 is 1. The summed E-state index contributed by atoms with van der Waals surface area (Å²) in [6.45, 7) is 10.2. The minimum atomic E-state index is -0.0327. The molecule has 1 unspecified atom stereocenters. The summed E-state index contributed by atoms with van der Waals surface area (Å²) in [4.78, 5) is 19.3. The van der Waals surface area contributed by atoms with E-state index in [0.29, 0.717) is 35.0 Å². The van der Waals surface area contributed by atoms with E-state index in [1.807, 2.05) is 36.9 Å². The second-order valence-corrected chi connectivity index (χ2v) is 9.84. The number of piperidine rings is 1. The Labute approximate surface area is 219 Å². The summed E-state index contributed by atoms with van der Waals surface area (Å²) in [5, 5.41) is 13.1. The van der Waals surface area contributed by atoms with Gasteiger partial charge in [-0.25, -0.2) is 4.99 Å². The Bertz CT molecular complexity index is 1220. The Morgan fingerprint density at radius 3 is 2.73 bits per heavy atom. The predicted octanol–water partition coefficient (Wildman–Crippen LogP) is 5.00.